The number of alkyl halides is 6. The van der Waals surface area contributed by atoms with Crippen molar-refractivity contribution in [3.05, 3.63) is 83.1 Å². The fraction of sp³-hybridized carbons (Fsp3) is 0.462. The quantitative estimate of drug-likeness (QED) is 0.0952. The lowest BCUT2D eigenvalue weighted by atomic mass is 9.80. The molecule has 0 amide bonds. The van der Waals surface area contributed by atoms with Gasteiger partial charge in [0.1, 0.15) is 17.8 Å². The van der Waals surface area contributed by atoms with E-state index in [-0.39, 0.29) is 26.9 Å². The van der Waals surface area contributed by atoms with Crippen LogP contribution in [0.4, 0.5) is 35.1 Å². The van der Waals surface area contributed by atoms with Crippen LogP contribution in [0.25, 0.3) is 22.4 Å². The topological polar surface area (TPSA) is 154 Å². The summed E-state index contributed by atoms with van der Waals surface area (Å²) in [6, 6.07) is 5.42. The van der Waals surface area contributed by atoms with Crippen molar-refractivity contribution in [2.75, 3.05) is 14.2 Å². The van der Waals surface area contributed by atoms with Gasteiger partial charge in [0.2, 0.25) is 0 Å². The minimum absolute atomic E-state index is 0. The molecule has 0 spiro atoms. The van der Waals surface area contributed by atoms with E-state index in [9.17, 15) is 35.1 Å². The van der Waals surface area contributed by atoms with Crippen LogP contribution < -0.4 is 14.9 Å². The standard InChI is InChI=1S/C16H14F4N4O2.C14H18BF4NO3.C7H7BrN4O.2CH4/c1-9(16(18,19)20)26-15-12(17)5-11(6-21-15)10-3-4-13-22-23-14(8-25-2)24(13)7-10;1-8(14(17,18)19)21-11-10(16)6-9(7-20-11)15-22-12(2,3)13(4,5)23-15;1-13-4-7-11-10-6-2-9-5(8)3-12(6)7;;/h3-7,9H,8H2,1-2H3;6-8H,1-5H3;2-3H,4H2,1H3;2*1H4/t9-;8-;;;/m11.../s1. The molecule has 1 aliphatic rings. The average molecular weight is 981 g/mol. The Morgan fingerprint density at radius 1 is 0.672 bits per heavy atom. The van der Waals surface area contributed by atoms with Gasteiger partial charge in [-0.2, -0.15) is 26.3 Å². The van der Waals surface area contributed by atoms with Crippen molar-refractivity contribution in [1.29, 1.82) is 0 Å². The first-order valence-corrected chi connectivity index (χ1v) is 19.0. The molecule has 0 saturated carbocycles. The summed E-state index contributed by atoms with van der Waals surface area (Å²) in [6.45, 7) is 9.57. The largest absolute Gasteiger partial charge is 0.496 e. The number of pyridine rings is 3. The fourth-order valence-electron chi connectivity index (χ4n) is 5.16. The third-order valence-corrected chi connectivity index (χ3v) is 9.75. The molecule has 1 saturated heterocycles. The summed E-state index contributed by atoms with van der Waals surface area (Å²) in [7, 11) is 2.29. The van der Waals surface area contributed by atoms with Crippen LogP contribution in [0.15, 0.2) is 59.9 Å². The van der Waals surface area contributed by atoms with E-state index < -0.39 is 66.3 Å². The molecule has 0 bridgehead atoms. The van der Waals surface area contributed by atoms with E-state index in [0.29, 0.717) is 29.2 Å². The molecular formula is C39H47BBrF8N9O6. The normalized spacial score (nSPS) is 15.2. The van der Waals surface area contributed by atoms with Gasteiger partial charge in [-0.05, 0) is 81.7 Å². The maximum atomic E-state index is 14.1. The Morgan fingerprint density at radius 2 is 1.16 bits per heavy atom. The summed E-state index contributed by atoms with van der Waals surface area (Å²) >= 11 is 3.27. The number of methoxy groups -OCH3 is 2. The molecule has 6 aromatic heterocycles. The fourth-order valence-corrected chi connectivity index (χ4v) is 5.47. The Morgan fingerprint density at radius 3 is 1.64 bits per heavy atom. The van der Waals surface area contributed by atoms with Crippen molar-refractivity contribution in [3.8, 4) is 22.9 Å². The second kappa shape index (κ2) is 21.3. The molecule has 7 rings (SSSR count). The van der Waals surface area contributed by atoms with Crippen LogP contribution in [0, 0.1) is 11.6 Å². The van der Waals surface area contributed by atoms with E-state index in [0.717, 1.165) is 42.1 Å². The molecule has 15 nitrogen and oxygen atoms in total. The molecule has 0 aliphatic carbocycles. The second-order valence-corrected chi connectivity index (χ2v) is 15.3. The van der Waals surface area contributed by atoms with Gasteiger partial charge in [-0.15, -0.1) is 20.4 Å². The Balaban J connectivity index is 0.000000263. The molecule has 2 atom stereocenters. The highest BCUT2D eigenvalue weighted by Crippen LogP contribution is 2.37. The van der Waals surface area contributed by atoms with Crippen molar-refractivity contribution in [1.82, 2.24) is 44.1 Å². The molecule has 1 fully saturated rings. The number of ether oxygens (including phenoxy) is 4. The molecule has 25 heteroatoms. The number of fused-ring (bicyclic) bond motifs is 2. The van der Waals surface area contributed by atoms with Crippen LogP contribution in [-0.2, 0) is 32.0 Å². The van der Waals surface area contributed by atoms with E-state index in [4.69, 9.17) is 18.8 Å². The zero-order valence-electron chi connectivity index (χ0n) is 34.2. The molecule has 0 N–H and O–H groups in total. The van der Waals surface area contributed by atoms with E-state index in [1.54, 1.807) is 36.0 Å². The molecular weight excluding hydrogens is 933 g/mol. The van der Waals surface area contributed by atoms with Crippen LogP contribution >= 0.6 is 15.9 Å². The molecule has 1 aliphatic heterocycles. The van der Waals surface area contributed by atoms with Crippen LogP contribution in [0.3, 0.4) is 0 Å². The van der Waals surface area contributed by atoms with Crippen molar-refractivity contribution < 1.29 is 63.4 Å². The SMILES string of the molecule is C.C.COCc1nnc2ccc(-c3cnc(O[C@H](C)C(F)(F)F)c(F)c3)cn12.COCc1nnc2cnc(Br)cn12.C[C@@H](Oc1ncc(B2OC(C)(C)C(C)(C)O2)cc1F)C(F)(F)F. The van der Waals surface area contributed by atoms with Crippen molar-refractivity contribution >= 4 is 39.8 Å². The highest BCUT2D eigenvalue weighted by molar-refractivity contribution is 9.10. The van der Waals surface area contributed by atoms with Gasteiger partial charge in [-0.1, -0.05) is 14.9 Å². The molecule has 0 unspecified atom stereocenters. The first kappa shape index (κ1) is 53.2. The zero-order chi connectivity index (χ0) is 45.8. The molecule has 7 heterocycles. The zero-order valence-corrected chi connectivity index (χ0v) is 35.8. The van der Waals surface area contributed by atoms with Gasteiger partial charge in [-0.25, -0.2) is 23.7 Å². The van der Waals surface area contributed by atoms with E-state index in [1.165, 1.54) is 19.5 Å². The van der Waals surface area contributed by atoms with Gasteiger partial charge < -0.3 is 28.3 Å². The monoisotopic (exact) mass is 979 g/mol. The summed E-state index contributed by atoms with van der Waals surface area (Å²) in [5, 5.41) is 15.8. The Labute approximate surface area is 372 Å². The van der Waals surface area contributed by atoms with Gasteiger partial charge in [0.15, 0.2) is 46.8 Å². The Hall–Kier alpha value is -5.11. The van der Waals surface area contributed by atoms with Gasteiger partial charge in [-0.3, -0.25) is 8.80 Å². The van der Waals surface area contributed by atoms with Gasteiger partial charge in [0, 0.05) is 55.6 Å². The van der Waals surface area contributed by atoms with Gasteiger partial charge >= 0.3 is 19.5 Å². The van der Waals surface area contributed by atoms with Crippen LogP contribution in [0.1, 0.15) is 68.0 Å². The minimum Gasteiger partial charge on any atom is -0.463 e. The summed E-state index contributed by atoms with van der Waals surface area (Å²) in [5.74, 6) is -2.09. The number of halogens is 9. The first-order valence-electron chi connectivity index (χ1n) is 18.2. The van der Waals surface area contributed by atoms with E-state index >= 15 is 0 Å². The maximum absolute atomic E-state index is 14.1. The average Bonchev–Trinajstić information content (AvgIpc) is 3.85. The summed E-state index contributed by atoms with van der Waals surface area (Å²) in [6.07, 6.45) is -5.98. The van der Waals surface area contributed by atoms with Crippen molar-refractivity contribution in [2.45, 2.75) is 105 Å². The number of hydrogen-bond acceptors (Lipinski definition) is 13. The first-order chi connectivity index (χ1) is 28.9. The molecule has 350 valence electrons. The van der Waals surface area contributed by atoms with Crippen LogP contribution in [0.2, 0.25) is 0 Å². The van der Waals surface area contributed by atoms with E-state index in [1.807, 2.05) is 38.3 Å². The Kier molecular flexibility index (Phi) is 17.7. The Bertz CT molecular complexity index is 2460. The molecule has 0 radical (unpaired) electrons. The number of aromatic nitrogens is 9. The summed E-state index contributed by atoms with van der Waals surface area (Å²) in [4.78, 5) is 11.3. The smallest absolute Gasteiger partial charge is 0.463 e. The maximum Gasteiger partial charge on any atom is 0.496 e. The number of nitrogens with zero attached hydrogens (tertiary/aromatic N) is 9. The molecule has 64 heavy (non-hydrogen) atoms. The highest BCUT2D eigenvalue weighted by atomic mass is 79.9. The minimum atomic E-state index is -4.61. The van der Waals surface area contributed by atoms with Crippen LogP contribution in [-0.4, -0.2) is 101 Å². The lowest BCUT2D eigenvalue weighted by Crippen LogP contribution is -2.41. The number of hydrogen-bond donors (Lipinski definition) is 0. The van der Waals surface area contributed by atoms with Gasteiger partial charge in [0.05, 0.1) is 17.4 Å². The molecule has 6 aromatic rings. The van der Waals surface area contributed by atoms with Gasteiger partial charge in [0.25, 0.3) is 11.8 Å². The van der Waals surface area contributed by atoms with Crippen LogP contribution in [0.5, 0.6) is 11.8 Å². The highest BCUT2D eigenvalue weighted by Gasteiger charge is 2.52. The third-order valence-electron chi connectivity index (χ3n) is 9.35. The molecule has 0 aromatic carbocycles. The summed E-state index contributed by atoms with van der Waals surface area (Å²) in [5.41, 5.74) is 1.28. The van der Waals surface area contributed by atoms with Crippen molar-refractivity contribution in [2.24, 2.45) is 0 Å². The third kappa shape index (κ3) is 12.8. The van der Waals surface area contributed by atoms with Crippen molar-refractivity contribution in [3.63, 3.8) is 0 Å². The summed E-state index contributed by atoms with van der Waals surface area (Å²) < 4.78 is 138. The lowest BCUT2D eigenvalue weighted by Gasteiger charge is -2.32. The predicted octanol–water partition coefficient (Wildman–Crippen LogP) is 8.56. The second-order valence-electron chi connectivity index (χ2n) is 14.4. The predicted molar refractivity (Wildman–Crippen MR) is 222 cm³/mol. The van der Waals surface area contributed by atoms with E-state index in [2.05, 4.69) is 60.8 Å². The lowest BCUT2D eigenvalue weighted by molar-refractivity contribution is -0.190. The number of rotatable bonds is 10.